The summed E-state index contributed by atoms with van der Waals surface area (Å²) < 4.78 is 26.9. The fraction of sp³-hybridized carbons (Fsp3) is 0.417. The van der Waals surface area contributed by atoms with Crippen LogP contribution in [0.4, 0.5) is 8.78 Å². The number of rotatable bonds is 1. The van der Waals surface area contributed by atoms with Gasteiger partial charge in [-0.3, -0.25) is 4.79 Å². The zero-order valence-electron chi connectivity index (χ0n) is 9.18. The smallest absolute Gasteiger partial charge is 0.256 e. The van der Waals surface area contributed by atoms with E-state index in [1.165, 1.54) is 6.07 Å². The number of piperidine rings is 1. The number of nitrogens with zero attached hydrogens (tertiary/aromatic N) is 1. The lowest BCUT2D eigenvalue weighted by atomic mass is 10.1. The molecular weight excluding hydrogens is 339 g/mol. The molecule has 1 amide bonds. The Hall–Kier alpha value is -0.720. The summed E-state index contributed by atoms with van der Waals surface area (Å²) in [4.78, 5) is 13.7. The fourth-order valence-electron chi connectivity index (χ4n) is 1.95. The van der Waals surface area contributed by atoms with E-state index in [-0.39, 0.29) is 15.0 Å². The van der Waals surface area contributed by atoms with Crippen molar-refractivity contribution in [1.82, 2.24) is 4.90 Å². The predicted octanol–water partition coefficient (Wildman–Crippen LogP) is 3.20. The molecule has 1 aliphatic rings. The Morgan fingerprint density at radius 1 is 1.12 bits per heavy atom. The zero-order valence-corrected chi connectivity index (χ0v) is 11.3. The minimum absolute atomic E-state index is 0.0299. The number of carbonyl (C=O) groups excluding carboxylic acids is 1. The maximum Gasteiger partial charge on any atom is 0.256 e. The molecule has 92 valence electrons. The second-order valence-electron chi connectivity index (χ2n) is 4.10. The summed E-state index contributed by atoms with van der Waals surface area (Å²) in [5, 5.41) is 0. The van der Waals surface area contributed by atoms with E-state index in [1.807, 2.05) is 0 Å². The van der Waals surface area contributed by atoms with Crippen LogP contribution in [-0.4, -0.2) is 23.9 Å². The van der Waals surface area contributed by atoms with Gasteiger partial charge in [0.25, 0.3) is 5.91 Å². The SMILES string of the molecule is O=C(c1cc(I)c(F)cc1F)N1CCCCC1. The van der Waals surface area contributed by atoms with Gasteiger partial charge in [0.2, 0.25) is 0 Å². The summed E-state index contributed by atoms with van der Waals surface area (Å²) in [5.41, 5.74) is -0.0299. The molecule has 0 aliphatic carbocycles. The normalized spacial score (nSPS) is 16.1. The van der Waals surface area contributed by atoms with Crippen LogP contribution < -0.4 is 0 Å². The van der Waals surface area contributed by atoms with Crippen molar-refractivity contribution in [3.8, 4) is 0 Å². The number of benzene rings is 1. The van der Waals surface area contributed by atoms with Gasteiger partial charge in [-0.1, -0.05) is 0 Å². The summed E-state index contributed by atoms with van der Waals surface area (Å²) in [5.74, 6) is -1.74. The van der Waals surface area contributed by atoms with Crippen molar-refractivity contribution in [3.63, 3.8) is 0 Å². The van der Waals surface area contributed by atoms with E-state index in [0.29, 0.717) is 13.1 Å². The van der Waals surface area contributed by atoms with Crippen molar-refractivity contribution >= 4 is 28.5 Å². The second-order valence-corrected chi connectivity index (χ2v) is 5.26. The molecule has 0 radical (unpaired) electrons. The fourth-order valence-corrected chi connectivity index (χ4v) is 2.42. The van der Waals surface area contributed by atoms with Crippen molar-refractivity contribution in [2.75, 3.05) is 13.1 Å². The molecule has 2 rings (SSSR count). The van der Waals surface area contributed by atoms with Crippen LogP contribution in [0.15, 0.2) is 12.1 Å². The first-order valence-electron chi connectivity index (χ1n) is 5.53. The van der Waals surface area contributed by atoms with Crippen molar-refractivity contribution in [2.24, 2.45) is 0 Å². The molecule has 2 nitrogen and oxygen atoms in total. The largest absolute Gasteiger partial charge is 0.339 e. The van der Waals surface area contributed by atoms with Gasteiger partial charge >= 0.3 is 0 Å². The van der Waals surface area contributed by atoms with Crippen LogP contribution in [0.5, 0.6) is 0 Å². The minimum Gasteiger partial charge on any atom is -0.339 e. The van der Waals surface area contributed by atoms with E-state index >= 15 is 0 Å². The molecule has 0 spiro atoms. The number of hydrogen-bond donors (Lipinski definition) is 0. The Bertz CT molecular complexity index is 444. The summed E-state index contributed by atoms with van der Waals surface area (Å²) in [6.45, 7) is 1.32. The molecule has 1 aliphatic heterocycles. The third kappa shape index (κ3) is 2.75. The molecule has 1 saturated heterocycles. The molecule has 0 bridgehead atoms. The number of halogens is 3. The molecule has 0 aromatic heterocycles. The van der Waals surface area contributed by atoms with E-state index in [2.05, 4.69) is 0 Å². The Morgan fingerprint density at radius 2 is 1.76 bits per heavy atom. The molecule has 0 unspecified atom stereocenters. The van der Waals surface area contributed by atoms with Gasteiger partial charge in [-0.05, 0) is 47.9 Å². The highest BCUT2D eigenvalue weighted by atomic mass is 127. The number of carbonyl (C=O) groups is 1. The first kappa shape index (κ1) is 12.7. The highest BCUT2D eigenvalue weighted by Gasteiger charge is 2.22. The molecule has 1 aromatic carbocycles. The third-order valence-electron chi connectivity index (χ3n) is 2.88. The van der Waals surface area contributed by atoms with Crippen LogP contribution in [0.3, 0.4) is 0 Å². The molecule has 17 heavy (non-hydrogen) atoms. The van der Waals surface area contributed by atoms with Crippen molar-refractivity contribution in [2.45, 2.75) is 19.3 Å². The maximum absolute atomic E-state index is 13.5. The van der Waals surface area contributed by atoms with Crippen molar-refractivity contribution in [3.05, 3.63) is 32.9 Å². The maximum atomic E-state index is 13.5. The molecule has 5 heteroatoms. The van der Waals surface area contributed by atoms with Crippen molar-refractivity contribution < 1.29 is 13.6 Å². The van der Waals surface area contributed by atoms with Gasteiger partial charge in [-0.15, -0.1) is 0 Å². The molecular formula is C12H12F2INO. The average molecular weight is 351 g/mol. The van der Waals surface area contributed by atoms with E-state index in [9.17, 15) is 13.6 Å². The van der Waals surface area contributed by atoms with E-state index < -0.39 is 11.6 Å². The first-order valence-corrected chi connectivity index (χ1v) is 6.61. The summed E-state index contributed by atoms with van der Waals surface area (Å²) in [6.07, 6.45) is 3.00. The van der Waals surface area contributed by atoms with Gasteiger partial charge in [0, 0.05) is 22.7 Å². The van der Waals surface area contributed by atoms with Crippen LogP contribution in [0, 0.1) is 15.2 Å². The lowest BCUT2D eigenvalue weighted by molar-refractivity contribution is 0.0719. The van der Waals surface area contributed by atoms with Gasteiger partial charge < -0.3 is 4.90 Å². The lowest BCUT2D eigenvalue weighted by Gasteiger charge is -2.26. The molecule has 1 aromatic rings. The quantitative estimate of drug-likeness (QED) is 0.562. The number of amides is 1. The summed E-state index contributed by atoms with van der Waals surface area (Å²) >= 11 is 1.76. The molecule has 0 atom stereocenters. The van der Waals surface area contributed by atoms with Crippen LogP contribution >= 0.6 is 22.6 Å². The molecule has 0 saturated carbocycles. The van der Waals surface area contributed by atoms with Crippen molar-refractivity contribution in [1.29, 1.82) is 0 Å². The van der Waals surface area contributed by atoms with Crippen LogP contribution in [-0.2, 0) is 0 Å². The minimum atomic E-state index is -0.779. The molecule has 1 fully saturated rings. The lowest BCUT2D eigenvalue weighted by Crippen LogP contribution is -2.36. The predicted molar refractivity (Wildman–Crippen MR) is 68.8 cm³/mol. The van der Waals surface area contributed by atoms with Gasteiger partial charge in [0.15, 0.2) is 0 Å². The van der Waals surface area contributed by atoms with E-state index in [1.54, 1.807) is 27.5 Å². The summed E-state index contributed by atoms with van der Waals surface area (Å²) in [7, 11) is 0. The van der Waals surface area contributed by atoms with Gasteiger partial charge in [-0.25, -0.2) is 8.78 Å². The highest BCUT2D eigenvalue weighted by Crippen LogP contribution is 2.20. The average Bonchev–Trinajstić information content (AvgIpc) is 2.34. The molecule has 1 heterocycles. The van der Waals surface area contributed by atoms with E-state index in [0.717, 1.165) is 25.3 Å². The van der Waals surface area contributed by atoms with Crippen LogP contribution in [0.25, 0.3) is 0 Å². The van der Waals surface area contributed by atoms with Gasteiger partial charge in [0.05, 0.1) is 5.56 Å². The Labute approximate surface area is 112 Å². The Balaban J connectivity index is 2.26. The Kier molecular flexibility index (Phi) is 3.96. The molecule has 0 N–H and O–H groups in total. The topological polar surface area (TPSA) is 20.3 Å². The van der Waals surface area contributed by atoms with Gasteiger partial charge in [-0.2, -0.15) is 0 Å². The van der Waals surface area contributed by atoms with E-state index in [4.69, 9.17) is 0 Å². The first-order chi connectivity index (χ1) is 8.09. The zero-order chi connectivity index (χ0) is 12.4. The Morgan fingerprint density at radius 3 is 2.41 bits per heavy atom. The number of likely N-dealkylation sites (tertiary alicyclic amines) is 1. The standard InChI is InChI=1S/C12H12F2INO/c13-9-7-10(14)11(15)6-8(9)12(17)16-4-2-1-3-5-16/h6-7H,1-5H2. The highest BCUT2D eigenvalue weighted by molar-refractivity contribution is 14.1. The van der Waals surface area contributed by atoms with Gasteiger partial charge in [0.1, 0.15) is 11.6 Å². The third-order valence-corrected chi connectivity index (χ3v) is 3.71. The number of hydrogen-bond acceptors (Lipinski definition) is 1. The second kappa shape index (κ2) is 5.29. The van der Waals surface area contributed by atoms with Crippen LogP contribution in [0.1, 0.15) is 29.6 Å². The monoisotopic (exact) mass is 351 g/mol. The summed E-state index contributed by atoms with van der Waals surface area (Å²) in [6, 6.07) is 2.06. The van der Waals surface area contributed by atoms with Crippen LogP contribution in [0.2, 0.25) is 0 Å².